The molecule has 1 heterocycles. The van der Waals surface area contributed by atoms with Crippen molar-refractivity contribution in [3.8, 4) is 0 Å². The summed E-state index contributed by atoms with van der Waals surface area (Å²) < 4.78 is 21.5. The number of unbranched alkanes of at least 4 members (excludes halogenated alkanes) is 2. The third-order valence-electron chi connectivity index (χ3n) is 8.70. The molecule has 0 radical (unpaired) electrons. The number of aliphatic carboxylic acids is 3. The molecule has 1 aromatic carbocycles. The van der Waals surface area contributed by atoms with E-state index in [0.29, 0.717) is 59.2 Å². The van der Waals surface area contributed by atoms with Crippen LogP contribution in [0.15, 0.2) is 61.2 Å². The fraction of sp³-hybridized carbons (Fsp3) is 0.548. The molecule has 350 valence electrons. The Kier molecular flexibility index (Phi) is 35.1. The third-order valence-corrected chi connectivity index (χ3v) is 8.70. The van der Waals surface area contributed by atoms with Gasteiger partial charge >= 0.3 is 17.9 Å². The second kappa shape index (κ2) is 37.2. The summed E-state index contributed by atoms with van der Waals surface area (Å²) in [5.41, 5.74) is 3.11. The van der Waals surface area contributed by atoms with Gasteiger partial charge in [-0.1, -0.05) is 69.4 Å². The molecular weight excluding hydrogens is 815 g/mol. The van der Waals surface area contributed by atoms with Crippen molar-refractivity contribution in [1.82, 2.24) is 41.1 Å². The van der Waals surface area contributed by atoms with E-state index in [1.807, 2.05) is 31.7 Å². The molecule has 18 nitrogen and oxygen atoms in total. The maximum atomic E-state index is 12.8. The van der Waals surface area contributed by atoms with Crippen LogP contribution in [0.1, 0.15) is 62.4 Å². The number of carbonyl (C=O) groups is 7. The Hall–Kier alpha value is -5.57. The predicted octanol–water partition coefficient (Wildman–Crippen LogP) is 2.10. The molecule has 0 unspecified atom stereocenters. The Balaban J connectivity index is 0. The highest BCUT2D eigenvalue weighted by atomic mass is 19.2. The lowest BCUT2D eigenvalue weighted by Gasteiger charge is -2.32. The van der Waals surface area contributed by atoms with Crippen molar-refractivity contribution in [3.63, 3.8) is 0 Å². The van der Waals surface area contributed by atoms with Crippen LogP contribution in [0.5, 0.6) is 0 Å². The first-order chi connectivity index (χ1) is 29.6. The summed E-state index contributed by atoms with van der Waals surface area (Å²) in [6.45, 7) is 15.0. The quantitative estimate of drug-likeness (QED) is 0.0532. The van der Waals surface area contributed by atoms with Crippen LogP contribution in [0.2, 0.25) is 0 Å². The Morgan fingerprint density at radius 2 is 1.10 bits per heavy atom. The number of rotatable bonds is 21. The molecule has 1 fully saturated rings. The first-order valence-corrected chi connectivity index (χ1v) is 20.3. The number of halogens is 2. The number of allylic oxidation sites excluding steroid dienone is 4. The van der Waals surface area contributed by atoms with Crippen LogP contribution in [-0.2, 0) is 35.3 Å². The van der Waals surface area contributed by atoms with Gasteiger partial charge in [-0.05, 0) is 37.5 Å². The number of carboxylic acids is 3. The first kappa shape index (κ1) is 58.5. The number of alkyl halides is 1. The molecule has 4 amide bonds. The molecule has 0 spiro atoms. The normalized spacial score (nSPS) is 14.1. The second-order valence-electron chi connectivity index (χ2n) is 13.5. The molecule has 1 aliphatic heterocycles. The minimum absolute atomic E-state index is 0.0251. The van der Waals surface area contributed by atoms with Crippen LogP contribution < -0.4 is 21.5 Å². The van der Waals surface area contributed by atoms with Gasteiger partial charge in [0, 0.05) is 77.4 Å². The predicted molar refractivity (Wildman–Crippen MR) is 233 cm³/mol. The average molecular weight is 883 g/mol. The molecule has 62 heavy (non-hydrogen) atoms. The van der Waals surface area contributed by atoms with E-state index in [0.717, 1.165) is 16.7 Å². The molecule has 0 atom stereocenters. The zero-order valence-electron chi connectivity index (χ0n) is 36.6. The number of carboxylic acid groups (broad SMARTS) is 3. The Morgan fingerprint density at radius 1 is 0.645 bits per heavy atom. The van der Waals surface area contributed by atoms with Gasteiger partial charge in [0.25, 0.3) is 11.8 Å². The molecule has 1 aliphatic rings. The summed E-state index contributed by atoms with van der Waals surface area (Å²) >= 11 is 0. The lowest BCUT2D eigenvalue weighted by Crippen LogP contribution is -2.49. The Bertz CT molecular complexity index is 1520. The van der Waals surface area contributed by atoms with Crippen molar-refractivity contribution in [3.05, 3.63) is 72.4 Å². The summed E-state index contributed by atoms with van der Waals surface area (Å²) in [5.74, 6) is -4.99. The number of nitrogens with zero attached hydrogens (tertiary/aromatic N) is 4. The number of carbonyl (C=O) groups excluding carboxylic acids is 4. The number of hydrogen-bond donors (Lipinski definition) is 7. The van der Waals surface area contributed by atoms with E-state index in [1.54, 1.807) is 39.0 Å². The van der Waals surface area contributed by atoms with Crippen molar-refractivity contribution in [2.45, 2.75) is 53.0 Å². The van der Waals surface area contributed by atoms with Crippen molar-refractivity contribution >= 4 is 41.5 Å². The second-order valence-corrected chi connectivity index (χ2v) is 13.5. The van der Waals surface area contributed by atoms with Gasteiger partial charge in [0.2, 0.25) is 11.8 Å². The minimum atomic E-state index is -1.03. The summed E-state index contributed by atoms with van der Waals surface area (Å²) in [5, 5.41) is 36.0. The van der Waals surface area contributed by atoms with E-state index in [-0.39, 0.29) is 82.7 Å². The van der Waals surface area contributed by atoms with E-state index in [2.05, 4.69) is 29.1 Å². The monoisotopic (exact) mass is 883 g/mol. The third kappa shape index (κ3) is 31.3. The number of hydrogen-bond acceptors (Lipinski definition) is 11. The smallest absolute Gasteiger partial charge is 0.317 e. The standard InChI is InChI=1S/C32H49FN8O10.C7H10.C2H6.CH3F/c33-37-27(43)19-36-32(51)25-7-5-24(6-8-25)18-35-26(42)4-2-1-3-9-34-28(44)20-38-10-12-39(21-29(45)46)14-16-41(23-31(49)50)17-15-40(13-11-38)22-30(47)48;1-4-6-7(3)5-2;2*1-2/h5-8H,1-4,9-23H2,(H,34,44)(H,35,42)(H,36,51)(H,37,43)(H,45,46)(H,47,48)(H,49,50);4-6H,1-2H2,3H3;1-2H3;1H3/b;7-6-;;. The molecule has 0 aliphatic carbocycles. The van der Waals surface area contributed by atoms with Crippen LogP contribution in [0.3, 0.4) is 0 Å². The lowest BCUT2D eigenvalue weighted by atomic mass is 10.1. The SMILES string of the molecule is C=C/C=C(/C)C=C.CC.CF.O=C(O)CN1CCN(CC(=O)O)CCN(CC(=O)NCCCCCC(=O)NCc2ccc(C(=O)NCC(=O)NF)cc2)CCN(CC(=O)O)CC1. The number of nitrogens with one attached hydrogen (secondary N) is 4. The Labute approximate surface area is 364 Å². The van der Waals surface area contributed by atoms with Crippen LogP contribution in [0, 0.1) is 0 Å². The summed E-state index contributed by atoms with van der Waals surface area (Å²) in [6.07, 6.45) is 7.66. The molecule has 7 N–H and O–H groups in total. The van der Waals surface area contributed by atoms with Gasteiger partial charge in [-0.15, -0.1) is 4.48 Å². The molecule has 0 saturated carbocycles. The lowest BCUT2D eigenvalue weighted by molar-refractivity contribution is -0.140. The largest absolute Gasteiger partial charge is 0.480 e. The highest BCUT2D eigenvalue weighted by Crippen LogP contribution is 2.06. The highest BCUT2D eigenvalue weighted by Gasteiger charge is 2.21. The van der Waals surface area contributed by atoms with E-state index in [9.17, 15) is 57.8 Å². The summed E-state index contributed by atoms with van der Waals surface area (Å²) in [6, 6.07) is 6.36. The molecule has 1 aromatic rings. The van der Waals surface area contributed by atoms with Gasteiger partial charge in [0.1, 0.15) is 0 Å². The molecular formula is C42H68F2N8O10. The minimum Gasteiger partial charge on any atom is -0.480 e. The van der Waals surface area contributed by atoms with Gasteiger partial charge in [-0.2, -0.15) is 5.54 Å². The fourth-order valence-corrected chi connectivity index (χ4v) is 5.47. The van der Waals surface area contributed by atoms with Crippen LogP contribution in [0.25, 0.3) is 0 Å². The zero-order chi connectivity index (χ0) is 47.3. The molecule has 2 rings (SSSR count). The highest BCUT2D eigenvalue weighted by molar-refractivity contribution is 5.96. The maximum Gasteiger partial charge on any atom is 0.317 e. The van der Waals surface area contributed by atoms with Crippen molar-refractivity contribution < 1.29 is 57.8 Å². The van der Waals surface area contributed by atoms with Crippen LogP contribution in [0.4, 0.5) is 8.87 Å². The maximum absolute atomic E-state index is 12.8. The molecule has 0 bridgehead atoms. The van der Waals surface area contributed by atoms with E-state index in [1.165, 1.54) is 12.1 Å². The molecule has 0 aromatic heterocycles. The van der Waals surface area contributed by atoms with Gasteiger partial charge in [-0.3, -0.25) is 57.6 Å². The van der Waals surface area contributed by atoms with Gasteiger partial charge in [-0.25, -0.2) is 0 Å². The van der Waals surface area contributed by atoms with Crippen molar-refractivity contribution in [2.24, 2.45) is 0 Å². The van der Waals surface area contributed by atoms with E-state index in [4.69, 9.17) is 0 Å². The summed E-state index contributed by atoms with van der Waals surface area (Å²) in [4.78, 5) is 89.1. The van der Waals surface area contributed by atoms with Crippen LogP contribution in [-0.4, -0.2) is 175 Å². The van der Waals surface area contributed by atoms with Gasteiger partial charge in [0.05, 0.1) is 39.9 Å². The van der Waals surface area contributed by atoms with Crippen LogP contribution >= 0.6 is 0 Å². The topological polar surface area (TPSA) is 241 Å². The van der Waals surface area contributed by atoms with Crippen molar-refractivity contribution in [2.75, 3.05) is 98.8 Å². The average Bonchev–Trinajstić information content (AvgIpc) is 3.25. The number of amides is 4. The Morgan fingerprint density at radius 3 is 1.48 bits per heavy atom. The van der Waals surface area contributed by atoms with E-state index >= 15 is 0 Å². The van der Waals surface area contributed by atoms with Crippen molar-refractivity contribution in [1.29, 1.82) is 0 Å². The number of benzene rings is 1. The molecule has 20 heteroatoms. The van der Waals surface area contributed by atoms with E-state index < -0.39 is 36.3 Å². The summed E-state index contributed by atoms with van der Waals surface area (Å²) in [7, 11) is 0.500. The van der Waals surface area contributed by atoms with Gasteiger partial charge < -0.3 is 31.3 Å². The fourth-order valence-electron chi connectivity index (χ4n) is 5.47. The van der Waals surface area contributed by atoms with Gasteiger partial charge in [0.15, 0.2) is 0 Å². The molecule has 1 saturated heterocycles. The first-order valence-electron chi connectivity index (χ1n) is 20.3. The zero-order valence-corrected chi connectivity index (χ0v) is 36.6.